The Balaban J connectivity index is 2.78. The smallest absolute Gasteiger partial charge is 0.219 e. The molecule has 6 nitrogen and oxygen atoms in total. The van der Waals surface area contributed by atoms with E-state index < -0.39 is 0 Å². The minimum atomic E-state index is -0.264. The molecular formula is C10H10N2O4. The lowest BCUT2D eigenvalue weighted by Gasteiger charge is -2.06. The van der Waals surface area contributed by atoms with Crippen LogP contribution < -0.4 is 9.47 Å². The van der Waals surface area contributed by atoms with Crippen LogP contribution in [0.25, 0.3) is 10.9 Å². The fourth-order valence-corrected chi connectivity index (χ4v) is 1.59. The average molecular weight is 222 g/mol. The van der Waals surface area contributed by atoms with Crippen LogP contribution in [0.3, 0.4) is 0 Å². The number of aromatic amines is 1. The van der Waals surface area contributed by atoms with Crippen molar-refractivity contribution in [3.63, 3.8) is 0 Å². The molecule has 2 rings (SSSR count). The standard InChI is InChI=1S/C10H10N2O4/c1-15-7-3-5-6(4-8(7)16-2)11-10(13)9(5)12-14/h3-4,11,13H,1-2H3. The molecule has 2 aromatic rings. The lowest BCUT2D eigenvalue weighted by molar-refractivity contribution is 0.356. The number of rotatable bonds is 3. The summed E-state index contributed by atoms with van der Waals surface area (Å²) in [7, 11) is 3.00. The zero-order valence-electron chi connectivity index (χ0n) is 8.77. The van der Waals surface area contributed by atoms with Gasteiger partial charge in [-0.3, -0.25) is 0 Å². The Morgan fingerprint density at radius 2 is 1.88 bits per heavy atom. The Labute approximate surface area is 90.8 Å². The highest BCUT2D eigenvalue weighted by Crippen LogP contribution is 2.40. The van der Waals surface area contributed by atoms with Gasteiger partial charge in [-0.2, -0.15) is 0 Å². The van der Waals surface area contributed by atoms with Crippen molar-refractivity contribution >= 4 is 16.6 Å². The first-order valence-corrected chi connectivity index (χ1v) is 4.51. The fourth-order valence-electron chi connectivity index (χ4n) is 1.59. The number of ether oxygens (including phenoxy) is 2. The van der Waals surface area contributed by atoms with Gasteiger partial charge in [-0.15, -0.1) is 4.91 Å². The van der Waals surface area contributed by atoms with Crippen molar-refractivity contribution in [2.24, 2.45) is 5.18 Å². The summed E-state index contributed by atoms with van der Waals surface area (Å²) in [5, 5.41) is 12.7. The molecule has 2 N–H and O–H groups in total. The SMILES string of the molecule is COc1cc2[nH]c(O)c(N=O)c2cc1OC. The second-order valence-electron chi connectivity index (χ2n) is 3.17. The summed E-state index contributed by atoms with van der Waals surface area (Å²) in [5.41, 5.74) is 0.528. The molecule has 0 aliphatic carbocycles. The highest BCUT2D eigenvalue weighted by Gasteiger charge is 2.15. The van der Waals surface area contributed by atoms with Crippen LogP contribution in [0.4, 0.5) is 5.69 Å². The molecule has 0 unspecified atom stereocenters. The van der Waals surface area contributed by atoms with E-state index in [1.807, 2.05) is 0 Å². The van der Waals surface area contributed by atoms with Crippen molar-refractivity contribution < 1.29 is 14.6 Å². The van der Waals surface area contributed by atoms with Gasteiger partial charge in [-0.1, -0.05) is 0 Å². The largest absolute Gasteiger partial charge is 0.493 e. The molecule has 0 atom stereocenters. The van der Waals surface area contributed by atoms with Gasteiger partial charge in [0.05, 0.1) is 19.7 Å². The van der Waals surface area contributed by atoms with E-state index in [0.717, 1.165) is 0 Å². The van der Waals surface area contributed by atoms with Crippen molar-refractivity contribution in [3.05, 3.63) is 17.0 Å². The summed E-state index contributed by atoms with van der Waals surface area (Å²) in [6.45, 7) is 0. The number of fused-ring (bicyclic) bond motifs is 1. The first kappa shape index (κ1) is 10.3. The Hall–Kier alpha value is -2.24. The molecule has 0 radical (unpaired) electrons. The van der Waals surface area contributed by atoms with Crippen LogP contribution in [0.15, 0.2) is 17.3 Å². The van der Waals surface area contributed by atoms with Gasteiger partial charge in [0, 0.05) is 11.5 Å². The van der Waals surface area contributed by atoms with E-state index in [1.165, 1.54) is 14.2 Å². The van der Waals surface area contributed by atoms with E-state index in [4.69, 9.17) is 9.47 Å². The van der Waals surface area contributed by atoms with Crippen LogP contribution in [0.1, 0.15) is 0 Å². The predicted octanol–water partition coefficient (Wildman–Crippen LogP) is 2.29. The Kier molecular flexibility index (Phi) is 2.40. The number of nitrogens with one attached hydrogen (secondary N) is 1. The first-order valence-electron chi connectivity index (χ1n) is 4.51. The Bertz CT molecular complexity index is 547. The van der Waals surface area contributed by atoms with E-state index in [9.17, 15) is 10.0 Å². The monoisotopic (exact) mass is 222 g/mol. The predicted molar refractivity (Wildman–Crippen MR) is 58.5 cm³/mol. The highest BCUT2D eigenvalue weighted by atomic mass is 16.5. The van der Waals surface area contributed by atoms with Gasteiger partial charge in [0.25, 0.3) is 0 Å². The number of benzene rings is 1. The lowest BCUT2D eigenvalue weighted by Crippen LogP contribution is -1.89. The van der Waals surface area contributed by atoms with Gasteiger partial charge in [0.2, 0.25) is 5.88 Å². The molecule has 0 saturated heterocycles. The maximum atomic E-state index is 10.6. The fraction of sp³-hybridized carbons (Fsp3) is 0.200. The van der Waals surface area contributed by atoms with Crippen LogP contribution in [0.5, 0.6) is 17.4 Å². The third kappa shape index (κ3) is 1.35. The number of H-pyrrole nitrogens is 1. The Morgan fingerprint density at radius 1 is 1.25 bits per heavy atom. The molecular weight excluding hydrogens is 212 g/mol. The van der Waals surface area contributed by atoms with E-state index in [0.29, 0.717) is 22.4 Å². The van der Waals surface area contributed by atoms with Gasteiger partial charge >= 0.3 is 0 Å². The first-order chi connectivity index (χ1) is 7.71. The number of methoxy groups -OCH3 is 2. The molecule has 84 valence electrons. The van der Waals surface area contributed by atoms with Crippen molar-refractivity contribution in [2.45, 2.75) is 0 Å². The molecule has 0 aliphatic heterocycles. The zero-order chi connectivity index (χ0) is 11.7. The van der Waals surface area contributed by atoms with Gasteiger partial charge < -0.3 is 19.6 Å². The molecule has 0 fully saturated rings. The molecule has 6 heteroatoms. The van der Waals surface area contributed by atoms with E-state index in [1.54, 1.807) is 12.1 Å². The van der Waals surface area contributed by atoms with Gasteiger partial charge in [0.1, 0.15) is 0 Å². The molecule has 0 spiro atoms. The summed E-state index contributed by atoms with van der Waals surface area (Å²) in [6.07, 6.45) is 0. The number of nitrogens with zero attached hydrogens (tertiary/aromatic N) is 1. The third-order valence-corrected chi connectivity index (χ3v) is 2.35. The van der Waals surface area contributed by atoms with Crippen molar-refractivity contribution in [2.75, 3.05) is 14.2 Å². The van der Waals surface area contributed by atoms with Crippen LogP contribution in [-0.4, -0.2) is 24.3 Å². The highest BCUT2D eigenvalue weighted by molar-refractivity contribution is 5.96. The van der Waals surface area contributed by atoms with Crippen LogP contribution in [-0.2, 0) is 0 Å². The van der Waals surface area contributed by atoms with E-state index >= 15 is 0 Å². The van der Waals surface area contributed by atoms with Gasteiger partial charge in [-0.05, 0) is 11.2 Å². The minimum absolute atomic E-state index is 0.0315. The summed E-state index contributed by atoms with van der Waals surface area (Å²) >= 11 is 0. The molecule has 1 aromatic carbocycles. The quantitative estimate of drug-likeness (QED) is 0.780. The molecule has 1 aromatic heterocycles. The van der Waals surface area contributed by atoms with E-state index in [2.05, 4.69) is 10.2 Å². The number of aromatic hydroxyl groups is 1. The van der Waals surface area contributed by atoms with Gasteiger partial charge in [-0.25, -0.2) is 0 Å². The average Bonchev–Trinajstić information content (AvgIpc) is 2.61. The second kappa shape index (κ2) is 3.73. The second-order valence-corrected chi connectivity index (χ2v) is 3.17. The Morgan fingerprint density at radius 3 is 2.44 bits per heavy atom. The van der Waals surface area contributed by atoms with Crippen LogP contribution >= 0.6 is 0 Å². The molecule has 0 bridgehead atoms. The number of hydrogen-bond donors (Lipinski definition) is 2. The summed E-state index contributed by atoms with van der Waals surface area (Å²) in [5.74, 6) is 0.716. The normalized spacial score (nSPS) is 10.4. The summed E-state index contributed by atoms with van der Waals surface area (Å²) in [6, 6.07) is 3.21. The number of nitroso groups, excluding NO2 is 1. The molecule has 0 saturated carbocycles. The van der Waals surface area contributed by atoms with Crippen LogP contribution in [0, 0.1) is 4.91 Å². The maximum absolute atomic E-state index is 10.6. The van der Waals surface area contributed by atoms with Crippen molar-refractivity contribution in [1.29, 1.82) is 0 Å². The summed E-state index contributed by atoms with van der Waals surface area (Å²) < 4.78 is 10.2. The molecule has 1 heterocycles. The topological polar surface area (TPSA) is 83.9 Å². The third-order valence-electron chi connectivity index (χ3n) is 2.35. The lowest BCUT2D eigenvalue weighted by atomic mass is 10.2. The molecule has 16 heavy (non-hydrogen) atoms. The van der Waals surface area contributed by atoms with Crippen LogP contribution in [0.2, 0.25) is 0 Å². The number of aromatic nitrogens is 1. The van der Waals surface area contributed by atoms with Crippen molar-refractivity contribution in [3.8, 4) is 17.4 Å². The molecule has 0 aliphatic rings. The zero-order valence-corrected chi connectivity index (χ0v) is 8.77. The summed E-state index contributed by atoms with van der Waals surface area (Å²) in [4.78, 5) is 13.2. The maximum Gasteiger partial charge on any atom is 0.219 e. The van der Waals surface area contributed by atoms with Crippen molar-refractivity contribution in [1.82, 2.24) is 4.98 Å². The molecule has 0 amide bonds. The van der Waals surface area contributed by atoms with E-state index in [-0.39, 0.29) is 11.6 Å². The van der Waals surface area contributed by atoms with Gasteiger partial charge in [0.15, 0.2) is 17.2 Å². The minimum Gasteiger partial charge on any atom is -0.493 e. The number of hydrogen-bond acceptors (Lipinski definition) is 5.